The molecule has 4 N–H and O–H groups in total. The lowest BCUT2D eigenvalue weighted by Crippen LogP contribution is -2.45. The average Bonchev–Trinajstić information content (AvgIpc) is 2.17. The van der Waals surface area contributed by atoms with E-state index >= 15 is 0 Å². The van der Waals surface area contributed by atoms with Gasteiger partial charge in [0.15, 0.2) is 5.96 Å². The summed E-state index contributed by atoms with van der Waals surface area (Å²) >= 11 is 0. The number of hydrogen-bond donors (Lipinski definition) is 3. The molecular formula is C9H20N4. The normalized spacial score (nSPS) is 21.5. The largest absolute Gasteiger partial charge is 0.370 e. The molecule has 4 heteroatoms. The van der Waals surface area contributed by atoms with Gasteiger partial charge >= 0.3 is 0 Å². The van der Waals surface area contributed by atoms with Gasteiger partial charge in [0.05, 0.1) is 0 Å². The number of rotatable bonds is 2. The third-order valence-electron chi connectivity index (χ3n) is 3.04. The highest BCUT2D eigenvalue weighted by Crippen LogP contribution is 2.19. The van der Waals surface area contributed by atoms with Gasteiger partial charge in [-0.2, -0.15) is 0 Å². The van der Waals surface area contributed by atoms with Crippen molar-refractivity contribution in [2.45, 2.75) is 25.8 Å². The number of nitrogens with one attached hydrogen (secondary N) is 2. The van der Waals surface area contributed by atoms with Gasteiger partial charge in [0.2, 0.25) is 0 Å². The molecule has 1 rings (SSSR count). The van der Waals surface area contributed by atoms with E-state index in [9.17, 15) is 0 Å². The Morgan fingerprint density at radius 3 is 2.46 bits per heavy atom. The van der Waals surface area contributed by atoms with Crippen LogP contribution in [0.15, 0.2) is 0 Å². The molecule has 0 spiro atoms. The van der Waals surface area contributed by atoms with Crippen LogP contribution in [0.1, 0.15) is 19.8 Å². The van der Waals surface area contributed by atoms with Gasteiger partial charge in [0, 0.05) is 19.1 Å². The van der Waals surface area contributed by atoms with E-state index in [0.717, 1.165) is 31.8 Å². The number of guanidine groups is 1. The zero-order chi connectivity index (χ0) is 9.84. The fourth-order valence-corrected chi connectivity index (χ4v) is 1.88. The Morgan fingerprint density at radius 2 is 2.08 bits per heavy atom. The molecule has 1 atom stereocenters. The van der Waals surface area contributed by atoms with Crippen molar-refractivity contribution in [3.63, 3.8) is 0 Å². The average molecular weight is 184 g/mol. The molecule has 1 saturated heterocycles. The van der Waals surface area contributed by atoms with Crippen molar-refractivity contribution in [3.8, 4) is 0 Å². The van der Waals surface area contributed by atoms with Crippen molar-refractivity contribution in [1.82, 2.24) is 10.2 Å². The maximum absolute atomic E-state index is 7.29. The van der Waals surface area contributed by atoms with Crippen molar-refractivity contribution >= 4 is 5.96 Å². The summed E-state index contributed by atoms with van der Waals surface area (Å²) in [5.74, 6) is 0.955. The minimum Gasteiger partial charge on any atom is -0.370 e. The Balaban J connectivity index is 2.34. The molecule has 0 aromatic rings. The maximum Gasteiger partial charge on any atom is 0.188 e. The Hall–Kier alpha value is -0.770. The molecule has 1 unspecified atom stereocenters. The van der Waals surface area contributed by atoms with Crippen LogP contribution in [0, 0.1) is 11.3 Å². The predicted molar refractivity (Wildman–Crippen MR) is 54.7 cm³/mol. The molecule has 76 valence electrons. The second-order valence-corrected chi connectivity index (χ2v) is 3.79. The first-order valence-electron chi connectivity index (χ1n) is 4.91. The Bertz CT molecular complexity index is 172. The molecule has 0 saturated carbocycles. The molecule has 0 aromatic heterocycles. The van der Waals surface area contributed by atoms with Gasteiger partial charge in [-0.05, 0) is 32.7 Å². The lowest BCUT2D eigenvalue weighted by molar-refractivity contribution is 0.227. The second-order valence-electron chi connectivity index (χ2n) is 3.79. The molecule has 1 fully saturated rings. The Kier molecular flexibility index (Phi) is 3.54. The molecule has 0 bridgehead atoms. The lowest BCUT2D eigenvalue weighted by atomic mass is 9.90. The monoisotopic (exact) mass is 184 g/mol. The van der Waals surface area contributed by atoms with Crippen LogP contribution in [0.2, 0.25) is 0 Å². The molecular weight excluding hydrogens is 164 g/mol. The van der Waals surface area contributed by atoms with Crippen LogP contribution >= 0.6 is 0 Å². The van der Waals surface area contributed by atoms with E-state index in [-0.39, 0.29) is 5.96 Å². The van der Waals surface area contributed by atoms with Gasteiger partial charge in [-0.15, -0.1) is 0 Å². The number of nitrogens with two attached hydrogens (primary N) is 1. The first kappa shape index (κ1) is 10.3. The summed E-state index contributed by atoms with van der Waals surface area (Å²) in [6.45, 7) is 4.09. The van der Waals surface area contributed by atoms with E-state index in [4.69, 9.17) is 11.1 Å². The minimum atomic E-state index is 0.218. The van der Waals surface area contributed by atoms with E-state index in [0.29, 0.717) is 6.04 Å². The molecule has 1 aliphatic rings. The van der Waals surface area contributed by atoms with Crippen molar-refractivity contribution in [2.75, 3.05) is 20.1 Å². The summed E-state index contributed by atoms with van der Waals surface area (Å²) in [4.78, 5) is 1.94. The van der Waals surface area contributed by atoms with Gasteiger partial charge in [-0.1, -0.05) is 0 Å². The van der Waals surface area contributed by atoms with Crippen LogP contribution in [0.25, 0.3) is 0 Å². The van der Waals surface area contributed by atoms with Gasteiger partial charge in [-0.3, -0.25) is 5.41 Å². The van der Waals surface area contributed by atoms with Crippen LogP contribution in [0.3, 0.4) is 0 Å². The molecule has 4 nitrogen and oxygen atoms in total. The van der Waals surface area contributed by atoms with Crippen molar-refractivity contribution in [3.05, 3.63) is 0 Å². The highest BCUT2D eigenvalue weighted by atomic mass is 15.2. The predicted octanol–water partition coefficient (Wildman–Crippen LogP) is 0.200. The third kappa shape index (κ3) is 2.59. The topological polar surface area (TPSA) is 65.1 Å². The third-order valence-corrected chi connectivity index (χ3v) is 3.04. The molecule has 0 aliphatic carbocycles. The summed E-state index contributed by atoms with van der Waals surface area (Å²) in [5.41, 5.74) is 5.41. The first-order valence-corrected chi connectivity index (χ1v) is 4.91. The van der Waals surface area contributed by atoms with E-state index < -0.39 is 0 Å². The molecule has 1 aliphatic heterocycles. The van der Waals surface area contributed by atoms with E-state index in [1.807, 2.05) is 11.9 Å². The standard InChI is InChI=1S/C9H20N4/c1-7(12-2)8-3-5-13(6-4-8)9(10)11/h7-8,12H,3-6H2,1-2H3,(H3,10,11). The van der Waals surface area contributed by atoms with Crippen molar-refractivity contribution < 1.29 is 0 Å². The fraction of sp³-hybridized carbons (Fsp3) is 0.889. The van der Waals surface area contributed by atoms with Gasteiger partial charge in [0.1, 0.15) is 0 Å². The maximum atomic E-state index is 7.29. The zero-order valence-electron chi connectivity index (χ0n) is 8.51. The molecule has 0 amide bonds. The summed E-state index contributed by atoms with van der Waals surface area (Å²) in [5, 5.41) is 10.6. The summed E-state index contributed by atoms with van der Waals surface area (Å²) < 4.78 is 0. The smallest absolute Gasteiger partial charge is 0.188 e. The van der Waals surface area contributed by atoms with E-state index in [2.05, 4.69) is 12.2 Å². The summed E-state index contributed by atoms with van der Waals surface area (Å²) in [6, 6.07) is 0.578. The number of nitrogens with zero attached hydrogens (tertiary/aromatic N) is 1. The molecule has 0 radical (unpaired) electrons. The van der Waals surface area contributed by atoms with Crippen molar-refractivity contribution in [2.24, 2.45) is 11.7 Å². The minimum absolute atomic E-state index is 0.218. The van der Waals surface area contributed by atoms with Crippen LogP contribution in [0.4, 0.5) is 0 Å². The summed E-state index contributed by atoms with van der Waals surface area (Å²) in [7, 11) is 2.00. The first-order chi connectivity index (χ1) is 6.15. The zero-order valence-corrected chi connectivity index (χ0v) is 8.51. The van der Waals surface area contributed by atoms with Crippen LogP contribution < -0.4 is 11.1 Å². The molecule has 1 heterocycles. The fourth-order valence-electron chi connectivity index (χ4n) is 1.88. The van der Waals surface area contributed by atoms with E-state index in [1.54, 1.807) is 0 Å². The van der Waals surface area contributed by atoms with Gasteiger partial charge in [-0.25, -0.2) is 0 Å². The second kappa shape index (κ2) is 4.46. The highest BCUT2D eigenvalue weighted by Gasteiger charge is 2.23. The molecule has 13 heavy (non-hydrogen) atoms. The Labute approximate surface area is 80.0 Å². The number of hydrogen-bond acceptors (Lipinski definition) is 2. The van der Waals surface area contributed by atoms with Gasteiger partial charge < -0.3 is 16.0 Å². The van der Waals surface area contributed by atoms with Crippen LogP contribution in [0.5, 0.6) is 0 Å². The highest BCUT2D eigenvalue weighted by molar-refractivity contribution is 5.74. The Morgan fingerprint density at radius 1 is 1.54 bits per heavy atom. The molecule has 0 aromatic carbocycles. The quantitative estimate of drug-likeness (QED) is 0.424. The van der Waals surface area contributed by atoms with Crippen LogP contribution in [-0.4, -0.2) is 37.0 Å². The van der Waals surface area contributed by atoms with Crippen molar-refractivity contribution in [1.29, 1.82) is 5.41 Å². The lowest BCUT2D eigenvalue weighted by Gasteiger charge is -2.34. The SMILES string of the molecule is CNC(C)C1CCN(C(=N)N)CC1. The van der Waals surface area contributed by atoms with Crippen LogP contribution in [-0.2, 0) is 0 Å². The summed E-state index contributed by atoms with van der Waals surface area (Å²) in [6.07, 6.45) is 2.28. The number of piperidine rings is 1. The van der Waals surface area contributed by atoms with E-state index in [1.165, 1.54) is 0 Å². The van der Waals surface area contributed by atoms with Gasteiger partial charge in [0.25, 0.3) is 0 Å². The number of likely N-dealkylation sites (tertiary alicyclic amines) is 1.